The van der Waals surface area contributed by atoms with Crippen molar-refractivity contribution >= 4 is 55.0 Å². The fourth-order valence-corrected chi connectivity index (χ4v) is 7.43. The van der Waals surface area contributed by atoms with Crippen LogP contribution in [0.25, 0.3) is 21.7 Å². The van der Waals surface area contributed by atoms with E-state index in [0.717, 1.165) is 0 Å². The van der Waals surface area contributed by atoms with E-state index in [4.69, 9.17) is 23.5 Å². The van der Waals surface area contributed by atoms with Crippen molar-refractivity contribution in [1.29, 1.82) is 0 Å². The highest BCUT2D eigenvalue weighted by atomic mass is 32.2. The van der Waals surface area contributed by atoms with Gasteiger partial charge in [0.25, 0.3) is 27.6 Å². The minimum Gasteiger partial charge on any atom is -0.493 e. The number of non-ortho nitro benzene ring substituents is 1. The number of carbonyl (C=O) groups excluding carboxylic acids is 2. The summed E-state index contributed by atoms with van der Waals surface area (Å²) in [4.78, 5) is 43.3. The first-order valence-electron chi connectivity index (χ1n) is 15.7. The lowest BCUT2D eigenvalue weighted by Gasteiger charge is -2.17. The topological polar surface area (TPSA) is 200 Å². The average molecular weight is 719 g/mol. The molecule has 1 unspecified atom stereocenters. The lowest BCUT2D eigenvalue weighted by Crippen LogP contribution is -2.31. The summed E-state index contributed by atoms with van der Waals surface area (Å²) in [6.07, 6.45) is 0. The highest BCUT2D eigenvalue weighted by Gasteiger charge is 2.38. The molecule has 0 saturated carbocycles. The molecule has 15 nitrogen and oxygen atoms in total. The molecular weight excluding hydrogens is 684 g/mol. The Labute approximate surface area is 291 Å². The number of nitro benzene ring substituents is 1. The van der Waals surface area contributed by atoms with Gasteiger partial charge in [-0.3, -0.25) is 23.9 Å². The maximum absolute atomic E-state index is 14.3. The zero-order valence-electron chi connectivity index (χ0n) is 27.8. The van der Waals surface area contributed by atoms with Crippen LogP contribution in [0.5, 0.6) is 17.2 Å². The standard InChI is InChI=1S/C35H34N4O11S/c1-47-29-15-22-14-26(37-31(22)33(49-3)32(29)48-2)35(42)38-17-23(18-50-51(45,46)19-20-7-5-4-6-8-20)30-24-10-9-21(34(41)36-11-12-40)13-25(24)27(39(43)44)16-28(30)38/h4-10,13-16,23,37,40H,11-12,17-19H2,1-3H3,(H,36,41). The molecule has 266 valence electrons. The van der Waals surface area contributed by atoms with Crippen molar-refractivity contribution in [3.63, 3.8) is 0 Å². The van der Waals surface area contributed by atoms with Crippen LogP contribution in [-0.2, 0) is 20.1 Å². The zero-order valence-corrected chi connectivity index (χ0v) is 28.6. The normalized spacial score (nSPS) is 14.0. The predicted octanol–water partition coefficient (Wildman–Crippen LogP) is 4.27. The summed E-state index contributed by atoms with van der Waals surface area (Å²) in [5.41, 5.74) is 1.45. The summed E-state index contributed by atoms with van der Waals surface area (Å²) in [6, 6.07) is 17.4. The summed E-state index contributed by atoms with van der Waals surface area (Å²) >= 11 is 0. The SMILES string of the molecule is COc1cc2cc(C(=O)N3CC(COS(=O)(=O)Cc4ccccc4)c4c3cc([N+](=O)[O-])c3cc(C(=O)NCCO)ccc43)[nH]c2c(OC)c1OC. The summed E-state index contributed by atoms with van der Waals surface area (Å²) in [5.74, 6) is -1.27. The van der Waals surface area contributed by atoms with Gasteiger partial charge in [0, 0.05) is 36.0 Å². The number of aromatic nitrogens is 1. The van der Waals surface area contributed by atoms with E-state index in [1.165, 1.54) is 50.5 Å². The zero-order chi connectivity index (χ0) is 36.4. The number of H-pyrrole nitrogens is 1. The number of hydrogen-bond acceptors (Lipinski definition) is 11. The molecule has 0 spiro atoms. The fourth-order valence-electron chi connectivity index (χ4n) is 6.38. The largest absolute Gasteiger partial charge is 0.493 e. The number of hydrogen-bond donors (Lipinski definition) is 3. The molecule has 2 amide bonds. The van der Waals surface area contributed by atoms with Crippen LogP contribution in [0.2, 0.25) is 0 Å². The number of aliphatic hydroxyl groups is 1. The number of rotatable bonds is 13. The molecule has 0 saturated heterocycles. The van der Waals surface area contributed by atoms with Crippen LogP contribution in [0.15, 0.2) is 66.7 Å². The average Bonchev–Trinajstić information content (AvgIpc) is 3.73. The van der Waals surface area contributed by atoms with Gasteiger partial charge in [-0.25, -0.2) is 0 Å². The van der Waals surface area contributed by atoms with Crippen molar-refractivity contribution < 1.29 is 46.4 Å². The van der Waals surface area contributed by atoms with Gasteiger partial charge in [-0.15, -0.1) is 0 Å². The Balaban J connectivity index is 1.46. The Kier molecular flexibility index (Phi) is 9.82. The molecule has 0 bridgehead atoms. The van der Waals surface area contributed by atoms with Crippen molar-refractivity contribution in [3.8, 4) is 17.2 Å². The number of benzene rings is 4. The molecule has 51 heavy (non-hydrogen) atoms. The fraction of sp³-hybridized carbons (Fsp3) is 0.257. The van der Waals surface area contributed by atoms with E-state index in [-0.39, 0.29) is 60.1 Å². The molecule has 1 aliphatic heterocycles. The van der Waals surface area contributed by atoms with E-state index in [2.05, 4.69) is 10.3 Å². The van der Waals surface area contributed by atoms with Crippen molar-refractivity contribution in [1.82, 2.24) is 10.3 Å². The highest BCUT2D eigenvalue weighted by Crippen LogP contribution is 2.47. The van der Waals surface area contributed by atoms with Crippen molar-refractivity contribution in [3.05, 3.63) is 99.2 Å². The van der Waals surface area contributed by atoms with Crippen molar-refractivity contribution in [2.75, 3.05) is 52.5 Å². The number of nitrogens with zero attached hydrogens (tertiary/aromatic N) is 2. The molecule has 3 N–H and O–H groups in total. The molecular formula is C35H34N4O11S. The second-order valence-corrected chi connectivity index (χ2v) is 13.3. The van der Waals surface area contributed by atoms with Gasteiger partial charge in [-0.1, -0.05) is 36.4 Å². The number of nitrogens with one attached hydrogen (secondary N) is 2. The van der Waals surface area contributed by atoms with Gasteiger partial charge < -0.3 is 34.5 Å². The third kappa shape index (κ3) is 6.75. The molecule has 1 atom stereocenters. The maximum Gasteiger partial charge on any atom is 0.279 e. The predicted molar refractivity (Wildman–Crippen MR) is 187 cm³/mol. The Morgan fingerprint density at radius 2 is 1.75 bits per heavy atom. The number of ether oxygens (including phenoxy) is 3. The quantitative estimate of drug-likeness (QED) is 0.0893. The number of anilines is 1. The van der Waals surface area contributed by atoms with Gasteiger partial charge >= 0.3 is 0 Å². The molecule has 16 heteroatoms. The lowest BCUT2D eigenvalue weighted by atomic mass is 9.93. The minimum atomic E-state index is -4.08. The summed E-state index contributed by atoms with van der Waals surface area (Å²) in [5, 5.41) is 25.1. The molecule has 0 aliphatic carbocycles. The third-order valence-corrected chi connectivity index (χ3v) is 9.81. The second kappa shape index (κ2) is 14.3. The van der Waals surface area contributed by atoms with Crippen LogP contribution >= 0.6 is 0 Å². The monoisotopic (exact) mass is 718 g/mol. The van der Waals surface area contributed by atoms with Crippen LogP contribution < -0.4 is 24.4 Å². The molecule has 2 heterocycles. The van der Waals surface area contributed by atoms with Crippen molar-refractivity contribution in [2.24, 2.45) is 0 Å². The van der Waals surface area contributed by atoms with Crippen LogP contribution in [0.1, 0.15) is 37.9 Å². The molecule has 5 aromatic rings. The molecule has 1 aromatic heterocycles. The van der Waals surface area contributed by atoms with E-state index in [1.54, 1.807) is 42.5 Å². The number of aromatic amines is 1. The third-order valence-electron chi connectivity index (χ3n) is 8.62. The first kappa shape index (κ1) is 35.1. The Morgan fingerprint density at radius 1 is 1.00 bits per heavy atom. The molecule has 1 aliphatic rings. The van der Waals surface area contributed by atoms with Gasteiger partial charge in [-0.2, -0.15) is 8.42 Å². The summed E-state index contributed by atoms with van der Waals surface area (Å²) in [7, 11) is 0.275. The van der Waals surface area contributed by atoms with Gasteiger partial charge in [0.05, 0.1) is 56.1 Å². The number of amides is 2. The van der Waals surface area contributed by atoms with Crippen LogP contribution in [0.3, 0.4) is 0 Å². The Bertz CT molecular complexity index is 2270. The van der Waals surface area contributed by atoms with Crippen LogP contribution in [0.4, 0.5) is 11.4 Å². The van der Waals surface area contributed by atoms with Crippen molar-refractivity contribution in [2.45, 2.75) is 11.7 Å². The first-order chi connectivity index (χ1) is 24.5. The number of fused-ring (bicyclic) bond motifs is 4. The maximum atomic E-state index is 14.3. The Hall–Kier alpha value is -5.71. The Morgan fingerprint density at radius 3 is 2.41 bits per heavy atom. The van der Waals surface area contributed by atoms with E-state index < -0.39 is 32.8 Å². The van der Waals surface area contributed by atoms with E-state index in [0.29, 0.717) is 44.7 Å². The van der Waals surface area contributed by atoms with E-state index in [9.17, 15) is 28.1 Å². The summed E-state index contributed by atoms with van der Waals surface area (Å²) < 4.78 is 48.2. The van der Waals surface area contributed by atoms with Gasteiger partial charge in [0.1, 0.15) is 11.4 Å². The minimum absolute atomic E-state index is 0.0176. The highest BCUT2D eigenvalue weighted by molar-refractivity contribution is 7.85. The number of methoxy groups -OCH3 is 3. The number of nitro groups is 1. The van der Waals surface area contributed by atoms with Gasteiger partial charge in [-0.05, 0) is 40.8 Å². The molecule has 4 aromatic carbocycles. The molecule has 6 rings (SSSR count). The van der Waals surface area contributed by atoms with E-state index in [1.807, 2.05) is 0 Å². The number of aliphatic hydroxyl groups excluding tert-OH is 1. The second-order valence-electron chi connectivity index (χ2n) is 11.7. The number of carbonyl (C=O) groups is 2. The van der Waals surface area contributed by atoms with E-state index >= 15 is 0 Å². The first-order valence-corrected chi connectivity index (χ1v) is 17.3. The smallest absolute Gasteiger partial charge is 0.279 e. The van der Waals surface area contributed by atoms with Gasteiger partial charge in [0.15, 0.2) is 11.5 Å². The lowest BCUT2D eigenvalue weighted by molar-refractivity contribution is -0.383. The van der Waals surface area contributed by atoms with Crippen LogP contribution in [-0.4, -0.2) is 82.9 Å². The summed E-state index contributed by atoms with van der Waals surface area (Å²) in [6.45, 7) is -0.762. The molecule has 0 radical (unpaired) electrons. The molecule has 0 fully saturated rings. The van der Waals surface area contributed by atoms with Gasteiger partial charge in [0.2, 0.25) is 5.75 Å². The van der Waals surface area contributed by atoms with Crippen LogP contribution in [0, 0.1) is 10.1 Å².